The Kier molecular flexibility index (Phi) is 17.2. The Morgan fingerprint density at radius 2 is 1.25 bits per heavy atom. The van der Waals surface area contributed by atoms with E-state index in [9.17, 15) is 48.6 Å². The van der Waals surface area contributed by atoms with Gasteiger partial charge >= 0.3 is 11.9 Å². The first kappa shape index (κ1) is 43.1. The van der Waals surface area contributed by atoms with Crippen molar-refractivity contribution in [1.82, 2.24) is 26.6 Å². The number of nitrogens with two attached hydrogens (primary N) is 1. The highest BCUT2D eigenvalue weighted by Gasteiger charge is 2.35. The molecule has 1 aliphatic rings. The molecule has 0 heterocycles. The molecule has 0 spiro atoms. The van der Waals surface area contributed by atoms with Crippen LogP contribution in [0, 0.1) is 11.3 Å². The van der Waals surface area contributed by atoms with Gasteiger partial charge in [-0.15, -0.1) is 0 Å². The molecule has 0 saturated heterocycles. The van der Waals surface area contributed by atoms with Crippen molar-refractivity contribution in [3.8, 4) is 0 Å². The maximum Gasteiger partial charge on any atom is 0.326 e. The molecule has 52 heavy (non-hydrogen) atoms. The molecule has 1 unspecified atom stereocenters. The van der Waals surface area contributed by atoms with Crippen molar-refractivity contribution in [1.29, 1.82) is 0 Å². The van der Waals surface area contributed by atoms with E-state index in [1.54, 1.807) is 51.1 Å². The fourth-order valence-corrected chi connectivity index (χ4v) is 6.13. The molecule has 1 aliphatic carbocycles. The van der Waals surface area contributed by atoms with Gasteiger partial charge in [-0.25, -0.2) is 4.79 Å². The predicted molar refractivity (Wildman–Crippen MR) is 189 cm³/mol. The highest BCUT2D eigenvalue weighted by molar-refractivity contribution is 5.97. The van der Waals surface area contributed by atoms with E-state index in [1.165, 1.54) is 6.92 Å². The lowest BCUT2D eigenvalue weighted by molar-refractivity contribution is -0.143. The second kappa shape index (κ2) is 20.7. The van der Waals surface area contributed by atoms with E-state index in [0.29, 0.717) is 5.56 Å². The molecule has 288 valence electrons. The molecule has 1 aromatic rings. The van der Waals surface area contributed by atoms with Crippen molar-refractivity contribution in [2.24, 2.45) is 17.1 Å². The van der Waals surface area contributed by atoms with Gasteiger partial charge < -0.3 is 42.5 Å². The lowest BCUT2D eigenvalue weighted by atomic mass is 9.84. The third kappa shape index (κ3) is 16.3. The first-order valence-electron chi connectivity index (χ1n) is 17.6. The van der Waals surface area contributed by atoms with Crippen molar-refractivity contribution < 1.29 is 48.6 Å². The van der Waals surface area contributed by atoms with Crippen molar-refractivity contribution in [2.45, 2.75) is 129 Å². The van der Waals surface area contributed by atoms with Gasteiger partial charge in [0.05, 0.1) is 6.42 Å². The maximum atomic E-state index is 13.8. The molecule has 1 saturated carbocycles. The molecule has 1 aromatic carbocycles. The lowest BCUT2D eigenvalue weighted by Gasteiger charge is -2.30. The van der Waals surface area contributed by atoms with Crippen LogP contribution in [0.1, 0.15) is 97.5 Å². The van der Waals surface area contributed by atoms with Crippen LogP contribution >= 0.6 is 0 Å². The molecule has 1 fully saturated rings. The minimum absolute atomic E-state index is 0.0271. The van der Waals surface area contributed by atoms with E-state index in [0.717, 1.165) is 32.1 Å². The molecule has 0 aromatic heterocycles. The summed E-state index contributed by atoms with van der Waals surface area (Å²) in [5.74, 6) is -7.40. The van der Waals surface area contributed by atoms with Gasteiger partial charge in [-0.05, 0) is 36.2 Å². The van der Waals surface area contributed by atoms with Crippen LogP contribution in [0.4, 0.5) is 0 Å². The maximum absolute atomic E-state index is 13.8. The fourth-order valence-electron chi connectivity index (χ4n) is 6.13. The summed E-state index contributed by atoms with van der Waals surface area (Å²) >= 11 is 0. The normalized spacial score (nSPS) is 16.2. The summed E-state index contributed by atoms with van der Waals surface area (Å²) in [6.45, 7) is 6.57. The van der Waals surface area contributed by atoms with Crippen molar-refractivity contribution in [3.63, 3.8) is 0 Å². The summed E-state index contributed by atoms with van der Waals surface area (Å²) in [5.41, 5.74) is 5.33. The Morgan fingerprint density at radius 1 is 0.731 bits per heavy atom. The molecule has 0 radical (unpaired) electrons. The summed E-state index contributed by atoms with van der Waals surface area (Å²) in [6, 6.07) is 1.87. The Labute approximate surface area is 303 Å². The van der Waals surface area contributed by atoms with Crippen LogP contribution in [0.15, 0.2) is 30.3 Å². The van der Waals surface area contributed by atoms with Crippen molar-refractivity contribution in [2.75, 3.05) is 0 Å². The van der Waals surface area contributed by atoms with Gasteiger partial charge in [0.1, 0.15) is 30.2 Å². The Morgan fingerprint density at radius 3 is 1.79 bits per heavy atom. The summed E-state index contributed by atoms with van der Waals surface area (Å²) in [5, 5.41) is 32.0. The first-order chi connectivity index (χ1) is 24.3. The quantitative estimate of drug-likeness (QED) is 0.0940. The zero-order valence-electron chi connectivity index (χ0n) is 30.4. The minimum atomic E-state index is -1.69. The Bertz CT molecular complexity index is 1420. The fraction of sp³-hybridized carbons (Fsp3) is 0.611. The molecular weight excluding hydrogens is 676 g/mol. The number of carboxylic acids is 2. The number of carbonyl (C=O) groups is 8. The van der Waals surface area contributed by atoms with Crippen LogP contribution in [-0.4, -0.2) is 87.8 Å². The van der Waals surface area contributed by atoms with Gasteiger partial charge in [-0.2, -0.15) is 0 Å². The average molecular weight is 731 g/mol. The smallest absolute Gasteiger partial charge is 0.326 e. The number of carbonyl (C=O) groups excluding carboxylic acids is 6. The Hall–Kier alpha value is -5.02. The third-order valence-electron chi connectivity index (χ3n) is 8.66. The number of carboxylic acid groups (broad SMARTS) is 2. The van der Waals surface area contributed by atoms with Crippen LogP contribution in [0.3, 0.4) is 0 Å². The monoisotopic (exact) mass is 730 g/mol. The zero-order valence-corrected chi connectivity index (χ0v) is 30.4. The van der Waals surface area contributed by atoms with Crippen molar-refractivity contribution >= 4 is 47.4 Å². The number of hydrogen-bond acceptors (Lipinski definition) is 8. The van der Waals surface area contributed by atoms with E-state index in [4.69, 9.17) is 5.73 Å². The highest BCUT2D eigenvalue weighted by Crippen LogP contribution is 2.28. The van der Waals surface area contributed by atoms with Crippen LogP contribution in [0.2, 0.25) is 0 Å². The zero-order chi connectivity index (χ0) is 39.0. The summed E-state index contributed by atoms with van der Waals surface area (Å²) in [4.78, 5) is 102. The van der Waals surface area contributed by atoms with Crippen LogP contribution < -0.4 is 32.3 Å². The van der Waals surface area contributed by atoms with Gasteiger partial charge in [0.15, 0.2) is 0 Å². The molecule has 6 amide bonds. The highest BCUT2D eigenvalue weighted by atomic mass is 16.4. The van der Waals surface area contributed by atoms with Gasteiger partial charge in [-0.3, -0.25) is 33.6 Å². The van der Waals surface area contributed by atoms with E-state index in [-0.39, 0.29) is 38.0 Å². The summed E-state index contributed by atoms with van der Waals surface area (Å²) in [6.07, 6.45) is 3.34. The van der Waals surface area contributed by atoms with Crippen LogP contribution in [0.5, 0.6) is 0 Å². The van der Waals surface area contributed by atoms with E-state index >= 15 is 0 Å². The molecule has 9 N–H and O–H groups in total. The molecule has 0 aliphatic heterocycles. The minimum Gasteiger partial charge on any atom is -0.481 e. The molecule has 2 rings (SSSR count). The molecule has 0 bridgehead atoms. The van der Waals surface area contributed by atoms with Gasteiger partial charge in [0.2, 0.25) is 35.4 Å². The van der Waals surface area contributed by atoms with E-state index in [1.807, 2.05) is 0 Å². The number of rotatable bonds is 20. The molecule has 16 heteroatoms. The van der Waals surface area contributed by atoms with E-state index in [2.05, 4.69) is 26.6 Å². The number of primary amides is 1. The number of hydrogen-bond donors (Lipinski definition) is 8. The number of amides is 6. The van der Waals surface area contributed by atoms with Gasteiger partial charge in [0, 0.05) is 19.8 Å². The van der Waals surface area contributed by atoms with Crippen molar-refractivity contribution in [3.05, 3.63) is 35.9 Å². The number of nitrogens with one attached hydrogen (secondary N) is 5. The standard InChI is InChI=1S/C36H54N6O10/c1-21(43)38-24(15-16-29(37)44)31(47)39-25(17-22-11-7-5-8-12-22)32(48)40-26(19-30(45)46)33(49)42-28(20-36(2,3)4)34(50)41-27(35(51)52)18-23-13-9-6-10-14-23/h6,9-10,13-14,22,24-28H,5,7-8,11-12,15-20H2,1-4H3,(H2,37,44)(H,38,43)(H,39,47)(H,40,48)(H,41,50)(H,42,49)(H,45,46)(H,51,52)/t24-,25-,26?,27-,28-/m0/s1. The summed E-state index contributed by atoms with van der Waals surface area (Å²) < 4.78 is 0. The topological polar surface area (TPSA) is 263 Å². The third-order valence-corrected chi connectivity index (χ3v) is 8.66. The van der Waals surface area contributed by atoms with Gasteiger partial charge in [0.25, 0.3) is 0 Å². The van der Waals surface area contributed by atoms with E-state index < -0.39 is 89.4 Å². The largest absolute Gasteiger partial charge is 0.481 e. The molecule has 5 atom stereocenters. The average Bonchev–Trinajstić information content (AvgIpc) is 3.05. The lowest BCUT2D eigenvalue weighted by Crippen LogP contribution is -2.59. The second-order valence-electron chi connectivity index (χ2n) is 14.6. The SMILES string of the molecule is CC(=O)N[C@@H](CCC(N)=O)C(=O)N[C@@H](CC1CCCCC1)C(=O)NC(CC(=O)O)C(=O)N[C@@H](CC(C)(C)C)C(=O)N[C@@H](Cc1ccccc1)C(=O)O. The van der Waals surface area contributed by atoms with Gasteiger partial charge in [-0.1, -0.05) is 83.2 Å². The number of aliphatic carboxylic acids is 2. The predicted octanol–water partition coefficient (Wildman–Crippen LogP) is 0.904. The Balaban J connectivity index is 2.33. The summed E-state index contributed by atoms with van der Waals surface area (Å²) in [7, 11) is 0. The second-order valence-corrected chi connectivity index (χ2v) is 14.6. The number of benzene rings is 1. The first-order valence-corrected chi connectivity index (χ1v) is 17.6. The van der Waals surface area contributed by atoms with Crippen LogP contribution in [0.25, 0.3) is 0 Å². The molecular formula is C36H54N6O10. The molecule has 16 nitrogen and oxygen atoms in total. The van der Waals surface area contributed by atoms with Crippen LogP contribution in [-0.2, 0) is 44.8 Å².